The van der Waals surface area contributed by atoms with Crippen LogP contribution in [0.2, 0.25) is 0 Å². The Labute approximate surface area is 124 Å². The van der Waals surface area contributed by atoms with Crippen LogP contribution in [0.15, 0.2) is 36.4 Å². The van der Waals surface area contributed by atoms with Gasteiger partial charge in [0.2, 0.25) is 0 Å². The van der Waals surface area contributed by atoms with Crippen molar-refractivity contribution in [3.05, 3.63) is 64.5 Å². The van der Waals surface area contributed by atoms with Crippen LogP contribution in [0.3, 0.4) is 0 Å². The maximum atomic E-state index is 13.1. The first-order valence-corrected chi connectivity index (χ1v) is 6.77. The second-order valence-corrected chi connectivity index (χ2v) is 4.86. The Morgan fingerprint density at radius 2 is 1.95 bits per heavy atom. The molecule has 2 aromatic rings. The summed E-state index contributed by atoms with van der Waals surface area (Å²) < 4.78 is 18.9. The minimum atomic E-state index is -0.235. The zero-order valence-corrected chi connectivity index (χ0v) is 12.2. The second kappa shape index (κ2) is 6.92. The van der Waals surface area contributed by atoms with Crippen molar-refractivity contribution in [2.45, 2.75) is 20.5 Å². The first-order chi connectivity index (χ1) is 10.1. The summed E-state index contributed by atoms with van der Waals surface area (Å²) in [6, 6.07) is 10.5. The molecule has 0 saturated heterocycles. The number of nitrogens with two attached hydrogens (primary N) is 1. The minimum Gasteiger partial charge on any atom is -0.488 e. The molecule has 0 aliphatic heterocycles. The average Bonchev–Trinajstić information content (AvgIpc) is 2.45. The summed E-state index contributed by atoms with van der Waals surface area (Å²) in [7, 11) is 0. The fourth-order valence-corrected chi connectivity index (χ4v) is 1.99. The molecule has 0 amide bonds. The third-order valence-corrected chi connectivity index (χ3v) is 3.15. The monoisotopic (exact) mass is 283 g/mol. The number of halogens is 1. The lowest BCUT2D eigenvalue weighted by atomic mass is 10.1. The average molecular weight is 283 g/mol. The summed E-state index contributed by atoms with van der Waals surface area (Å²) in [6.07, 6.45) is 0. The van der Waals surface area contributed by atoms with Crippen LogP contribution in [0.25, 0.3) is 0 Å². The van der Waals surface area contributed by atoms with E-state index < -0.39 is 0 Å². The van der Waals surface area contributed by atoms with E-state index >= 15 is 0 Å². The van der Waals surface area contributed by atoms with Crippen LogP contribution in [-0.2, 0) is 6.61 Å². The Kier molecular flexibility index (Phi) is 4.97. The standard InChI is InChI=1S/C18H18FNO/c1-13-5-8-18(15(10-13)4-3-9-20)21-12-16-6-7-17(19)11-14(16)2/h5-8,10-11H,9,12,20H2,1-2H3. The third-order valence-electron chi connectivity index (χ3n) is 3.15. The molecule has 0 heterocycles. The van der Waals surface area contributed by atoms with Gasteiger partial charge in [-0.2, -0.15) is 0 Å². The highest BCUT2D eigenvalue weighted by atomic mass is 19.1. The maximum absolute atomic E-state index is 13.1. The topological polar surface area (TPSA) is 35.2 Å². The van der Waals surface area contributed by atoms with E-state index in [1.165, 1.54) is 12.1 Å². The van der Waals surface area contributed by atoms with Crippen LogP contribution in [0.4, 0.5) is 4.39 Å². The largest absolute Gasteiger partial charge is 0.488 e. The molecule has 2 rings (SSSR count). The summed E-state index contributed by atoms with van der Waals surface area (Å²) in [5, 5.41) is 0. The molecule has 0 aliphatic rings. The van der Waals surface area contributed by atoms with Crippen molar-refractivity contribution in [3.63, 3.8) is 0 Å². The van der Waals surface area contributed by atoms with E-state index in [0.29, 0.717) is 18.9 Å². The first kappa shape index (κ1) is 15.1. The minimum absolute atomic E-state index is 0.235. The summed E-state index contributed by atoms with van der Waals surface area (Å²) in [5.74, 6) is 6.33. The SMILES string of the molecule is Cc1ccc(OCc2ccc(F)cc2C)c(C#CCN)c1. The van der Waals surface area contributed by atoms with E-state index in [9.17, 15) is 4.39 Å². The molecule has 2 N–H and O–H groups in total. The highest BCUT2D eigenvalue weighted by Gasteiger charge is 2.05. The molecule has 2 nitrogen and oxygen atoms in total. The van der Waals surface area contributed by atoms with Crippen molar-refractivity contribution in [1.82, 2.24) is 0 Å². The molecule has 0 aliphatic carbocycles. The molecule has 21 heavy (non-hydrogen) atoms. The van der Waals surface area contributed by atoms with Crippen molar-refractivity contribution in [2.24, 2.45) is 5.73 Å². The number of hydrogen-bond acceptors (Lipinski definition) is 2. The van der Waals surface area contributed by atoms with E-state index in [0.717, 1.165) is 22.3 Å². The molecule has 0 fully saturated rings. The molecule has 108 valence electrons. The van der Waals surface area contributed by atoms with Gasteiger partial charge in [0.1, 0.15) is 18.2 Å². The Morgan fingerprint density at radius 3 is 2.67 bits per heavy atom. The fourth-order valence-electron chi connectivity index (χ4n) is 1.99. The molecule has 0 bridgehead atoms. The van der Waals surface area contributed by atoms with E-state index in [1.54, 1.807) is 6.07 Å². The first-order valence-electron chi connectivity index (χ1n) is 6.77. The second-order valence-electron chi connectivity index (χ2n) is 4.86. The van der Waals surface area contributed by atoms with Gasteiger partial charge in [-0.1, -0.05) is 24.0 Å². The molecule has 0 unspecified atom stereocenters. The predicted octanol–water partition coefficient (Wildman–Crippen LogP) is 3.33. The molecule has 0 aromatic heterocycles. The Hall–Kier alpha value is -2.31. The zero-order valence-electron chi connectivity index (χ0n) is 12.2. The quantitative estimate of drug-likeness (QED) is 0.877. The fraction of sp³-hybridized carbons (Fsp3) is 0.222. The molecule has 2 aromatic carbocycles. The molecule has 0 saturated carbocycles. The van der Waals surface area contributed by atoms with Crippen molar-refractivity contribution in [1.29, 1.82) is 0 Å². The smallest absolute Gasteiger partial charge is 0.135 e. The van der Waals surface area contributed by atoms with E-state index in [4.69, 9.17) is 10.5 Å². The van der Waals surface area contributed by atoms with Crippen LogP contribution in [0.1, 0.15) is 22.3 Å². The zero-order chi connectivity index (χ0) is 15.2. The Bertz CT molecular complexity index is 698. The van der Waals surface area contributed by atoms with E-state index in [1.807, 2.05) is 32.0 Å². The highest BCUT2D eigenvalue weighted by molar-refractivity contribution is 5.48. The Morgan fingerprint density at radius 1 is 1.14 bits per heavy atom. The summed E-state index contributed by atoms with van der Waals surface area (Å²) in [4.78, 5) is 0. The summed E-state index contributed by atoms with van der Waals surface area (Å²) in [6.45, 7) is 4.56. The van der Waals surface area contributed by atoms with Crippen LogP contribution < -0.4 is 10.5 Å². The van der Waals surface area contributed by atoms with Gasteiger partial charge in [0.05, 0.1) is 12.1 Å². The molecule has 0 spiro atoms. The molecular formula is C18H18FNO. The van der Waals surface area contributed by atoms with Crippen molar-refractivity contribution in [3.8, 4) is 17.6 Å². The number of benzene rings is 2. The van der Waals surface area contributed by atoms with Crippen LogP contribution in [-0.4, -0.2) is 6.54 Å². The molecule has 0 atom stereocenters. The van der Waals surface area contributed by atoms with Gasteiger partial charge in [-0.15, -0.1) is 0 Å². The predicted molar refractivity (Wildman–Crippen MR) is 82.6 cm³/mol. The van der Waals surface area contributed by atoms with Crippen molar-refractivity contribution in [2.75, 3.05) is 6.54 Å². The van der Waals surface area contributed by atoms with Gasteiger partial charge in [0.15, 0.2) is 0 Å². The van der Waals surface area contributed by atoms with Crippen LogP contribution in [0, 0.1) is 31.5 Å². The van der Waals surface area contributed by atoms with Crippen LogP contribution >= 0.6 is 0 Å². The summed E-state index contributed by atoms with van der Waals surface area (Å²) >= 11 is 0. The number of ether oxygens (including phenoxy) is 1. The highest BCUT2D eigenvalue weighted by Crippen LogP contribution is 2.21. The van der Waals surface area contributed by atoms with Crippen molar-refractivity contribution >= 4 is 0 Å². The maximum Gasteiger partial charge on any atom is 0.135 e. The third kappa shape index (κ3) is 4.08. The van der Waals surface area contributed by atoms with E-state index in [2.05, 4.69) is 11.8 Å². The lowest BCUT2D eigenvalue weighted by Crippen LogP contribution is -2.00. The number of rotatable bonds is 3. The van der Waals surface area contributed by atoms with E-state index in [-0.39, 0.29) is 5.82 Å². The number of aryl methyl sites for hydroxylation is 2. The van der Waals surface area contributed by atoms with Gasteiger partial charge >= 0.3 is 0 Å². The summed E-state index contributed by atoms with van der Waals surface area (Å²) in [5.41, 5.74) is 9.17. The molecular weight excluding hydrogens is 265 g/mol. The van der Waals surface area contributed by atoms with Crippen molar-refractivity contribution < 1.29 is 9.13 Å². The van der Waals surface area contributed by atoms with Crippen LogP contribution in [0.5, 0.6) is 5.75 Å². The van der Waals surface area contributed by atoms with Gasteiger partial charge in [-0.25, -0.2) is 4.39 Å². The number of hydrogen-bond donors (Lipinski definition) is 1. The van der Waals surface area contributed by atoms with Gasteiger partial charge < -0.3 is 10.5 Å². The van der Waals surface area contributed by atoms with Gasteiger partial charge in [-0.05, 0) is 54.8 Å². The lowest BCUT2D eigenvalue weighted by molar-refractivity contribution is 0.304. The van der Waals surface area contributed by atoms with Gasteiger partial charge in [-0.3, -0.25) is 0 Å². The lowest BCUT2D eigenvalue weighted by Gasteiger charge is -2.11. The normalized spacial score (nSPS) is 9.90. The van der Waals surface area contributed by atoms with Gasteiger partial charge in [0, 0.05) is 0 Å². The molecule has 3 heteroatoms. The van der Waals surface area contributed by atoms with Gasteiger partial charge in [0.25, 0.3) is 0 Å². The molecule has 0 radical (unpaired) electrons. The Balaban J connectivity index is 2.19.